The Kier molecular flexibility index (Phi) is 12.8. The number of esters is 1. The molecule has 6 N–H and O–H groups in total. The van der Waals surface area contributed by atoms with Crippen molar-refractivity contribution in [3.05, 3.63) is 11.6 Å². The third kappa shape index (κ3) is 8.11. The van der Waals surface area contributed by atoms with Gasteiger partial charge in [0.2, 0.25) is 5.91 Å². The molecule has 0 saturated heterocycles. The number of carbonyl (C=O) groups excluding carboxylic acids is 2. The molecule has 1 amide bonds. The fourth-order valence-corrected chi connectivity index (χ4v) is 10.5. The topological polar surface area (TPSA) is 102 Å². The van der Waals surface area contributed by atoms with Gasteiger partial charge in [0.1, 0.15) is 6.10 Å². The molecule has 44 heavy (non-hydrogen) atoms. The van der Waals surface area contributed by atoms with Gasteiger partial charge in [0.15, 0.2) is 0 Å². The minimum atomic E-state index is -0.205. The van der Waals surface area contributed by atoms with E-state index in [2.05, 4.69) is 52.2 Å². The van der Waals surface area contributed by atoms with E-state index in [-0.39, 0.29) is 36.2 Å². The second kappa shape index (κ2) is 15.9. The Balaban J connectivity index is 1.30. The Hall–Kier alpha value is -1.40. The Morgan fingerprint density at radius 2 is 1.66 bits per heavy atom. The van der Waals surface area contributed by atoms with Crippen LogP contribution in [0.1, 0.15) is 137 Å². The summed E-state index contributed by atoms with van der Waals surface area (Å²) < 4.78 is 6.04. The Bertz CT molecular complexity index is 980. The van der Waals surface area contributed by atoms with E-state index in [0.717, 1.165) is 100 Å². The molecular formula is C38H69N3O3+2. The van der Waals surface area contributed by atoms with Gasteiger partial charge in [0.25, 0.3) is 0 Å². The zero-order valence-corrected chi connectivity index (χ0v) is 29.3. The second-order valence-corrected chi connectivity index (χ2v) is 16.3. The molecule has 0 bridgehead atoms. The summed E-state index contributed by atoms with van der Waals surface area (Å²) in [5.74, 6) is 4.89. The van der Waals surface area contributed by atoms with Gasteiger partial charge in [-0.05, 0) is 104 Å². The lowest BCUT2D eigenvalue weighted by Crippen LogP contribution is -2.51. The third-order valence-electron chi connectivity index (χ3n) is 13.1. The van der Waals surface area contributed by atoms with Crippen molar-refractivity contribution in [2.45, 2.75) is 143 Å². The molecule has 0 heterocycles. The molecule has 0 aromatic heterocycles. The first-order valence-corrected chi connectivity index (χ1v) is 18.8. The van der Waals surface area contributed by atoms with E-state index in [4.69, 9.17) is 4.74 Å². The molecule has 0 aromatic carbocycles. The minimum Gasteiger partial charge on any atom is -0.462 e. The number of rotatable bonds is 16. The summed E-state index contributed by atoms with van der Waals surface area (Å²) >= 11 is 0. The van der Waals surface area contributed by atoms with Crippen LogP contribution in [0.5, 0.6) is 0 Å². The highest BCUT2D eigenvalue weighted by atomic mass is 16.5. The molecule has 0 aliphatic heterocycles. The van der Waals surface area contributed by atoms with Crippen molar-refractivity contribution in [1.29, 1.82) is 0 Å². The SMILES string of the molecule is CC(C)CCC[C@@H](C)[C@H]1CC[C@H]2[C@@H]3CC=C4C[C@@H](OC(=O)CCC(=O)N(CCC[NH3+])CCCC[NH3+])CC[C@]4(C)[C@H]3CC[C@]12C. The van der Waals surface area contributed by atoms with E-state index >= 15 is 0 Å². The quantitative estimate of drug-likeness (QED) is 0.123. The lowest BCUT2D eigenvalue weighted by atomic mass is 9.47. The molecule has 8 atom stereocenters. The highest BCUT2D eigenvalue weighted by molar-refractivity contribution is 5.81. The first-order valence-electron chi connectivity index (χ1n) is 18.8. The number of hydrogen-bond donors (Lipinski definition) is 2. The van der Waals surface area contributed by atoms with Crippen LogP contribution < -0.4 is 11.5 Å². The van der Waals surface area contributed by atoms with Gasteiger partial charge in [-0.1, -0.05) is 65.5 Å². The zero-order chi connectivity index (χ0) is 31.9. The molecule has 0 unspecified atom stereocenters. The third-order valence-corrected chi connectivity index (χ3v) is 13.1. The minimum absolute atomic E-state index is 0.0378. The number of hydrogen-bond acceptors (Lipinski definition) is 3. The number of allylic oxidation sites excluding steroid dienone is 1. The normalized spacial score (nSPS) is 33.6. The van der Waals surface area contributed by atoms with E-state index < -0.39 is 0 Å². The molecule has 0 radical (unpaired) electrons. The molecule has 4 rings (SSSR count). The van der Waals surface area contributed by atoms with Crippen molar-refractivity contribution < 1.29 is 25.8 Å². The number of carbonyl (C=O) groups is 2. The fourth-order valence-electron chi connectivity index (χ4n) is 10.5. The Morgan fingerprint density at radius 1 is 0.909 bits per heavy atom. The fraction of sp³-hybridized carbons (Fsp3) is 0.895. The van der Waals surface area contributed by atoms with Crippen molar-refractivity contribution in [1.82, 2.24) is 4.90 Å². The van der Waals surface area contributed by atoms with Crippen molar-refractivity contribution >= 4 is 11.9 Å². The van der Waals surface area contributed by atoms with E-state index in [1.807, 2.05) is 4.90 Å². The number of nitrogens with zero attached hydrogens (tertiary/aromatic N) is 1. The second-order valence-electron chi connectivity index (χ2n) is 16.3. The summed E-state index contributed by atoms with van der Waals surface area (Å²) in [6.07, 6.45) is 19.8. The predicted molar refractivity (Wildman–Crippen MR) is 178 cm³/mol. The summed E-state index contributed by atoms with van der Waals surface area (Å²) in [6, 6.07) is 0. The average molecular weight is 616 g/mol. The molecule has 6 heteroatoms. The Morgan fingerprint density at radius 3 is 2.39 bits per heavy atom. The molecule has 0 aromatic rings. The van der Waals surface area contributed by atoms with Crippen LogP contribution in [0, 0.1) is 46.3 Å². The van der Waals surface area contributed by atoms with Crippen LogP contribution in [-0.4, -0.2) is 49.1 Å². The lowest BCUT2D eigenvalue weighted by molar-refractivity contribution is -0.369. The molecular weight excluding hydrogens is 546 g/mol. The molecule has 252 valence electrons. The first-order chi connectivity index (χ1) is 21.0. The van der Waals surface area contributed by atoms with E-state index in [0.29, 0.717) is 5.41 Å². The van der Waals surface area contributed by atoms with Gasteiger partial charge < -0.3 is 21.1 Å². The van der Waals surface area contributed by atoms with Crippen LogP contribution in [0.3, 0.4) is 0 Å². The van der Waals surface area contributed by atoms with Crippen LogP contribution in [0.15, 0.2) is 11.6 Å². The number of unbranched alkanes of at least 4 members (excludes halogenated alkanes) is 1. The Labute approximate surface area is 269 Å². The largest absolute Gasteiger partial charge is 0.462 e. The van der Waals surface area contributed by atoms with Gasteiger partial charge in [0.05, 0.1) is 19.5 Å². The van der Waals surface area contributed by atoms with E-state index in [9.17, 15) is 9.59 Å². The number of amides is 1. The number of quaternary nitrogens is 2. The molecule has 4 aliphatic rings. The van der Waals surface area contributed by atoms with E-state index in [1.165, 1.54) is 51.4 Å². The summed E-state index contributed by atoms with van der Waals surface area (Å²) in [5.41, 5.74) is 10.2. The van der Waals surface area contributed by atoms with Gasteiger partial charge in [-0.25, -0.2) is 0 Å². The van der Waals surface area contributed by atoms with Crippen molar-refractivity contribution in [3.8, 4) is 0 Å². The zero-order valence-electron chi connectivity index (χ0n) is 29.3. The molecule has 6 nitrogen and oxygen atoms in total. The highest BCUT2D eigenvalue weighted by Gasteiger charge is 2.59. The predicted octanol–water partition coefficient (Wildman–Crippen LogP) is 6.20. The van der Waals surface area contributed by atoms with Crippen LogP contribution in [0.4, 0.5) is 0 Å². The molecule has 3 fully saturated rings. The number of ether oxygens (including phenoxy) is 1. The highest BCUT2D eigenvalue weighted by Crippen LogP contribution is 2.67. The summed E-state index contributed by atoms with van der Waals surface area (Å²) in [4.78, 5) is 27.7. The average Bonchev–Trinajstić information content (AvgIpc) is 3.35. The maximum atomic E-state index is 12.9. The van der Waals surface area contributed by atoms with E-state index in [1.54, 1.807) is 5.57 Å². The smallest absolute Gasteiger partial charge is 0.306 e. The summed E-state index contributed by atoms with van der Waals surface area (Å²) in [5, 5.41) is 0. The van der Waals surface area contributed by atoms with Gasteiger partial charge in [-0.2, -0.15) is 0 Å². The summed E-state index contributed by atoms with van der Waals surface area (Å²) in [6.45, 7) is 15.7. The van der Waals surface area contributed by atoms with Crippen molar-refractivity contribution in [2.75, 3.05) is 26.2 Å². The standard InChI is InChI=1S/C38H67N3O3/c1-27(2)10-8-11-28(3)32-14-15-33-31-13-12-29-26-30(18-20-37(29,4)34(31)19-21-38(32,33)5)44-36(43)17-16-35(42)41(25-9-23-40)24-7-6-22-39/h12,27-28,30-34H,6-11,13-26,39-40H2,1-5H3/p+2/t28-,30+,31+,32-,33+,34+,37+,38-/m1/s1. The van der Waals surface area contributed by atoms with Gasteiger partial charge in [0, 0.05) is 32.4 Å². The molecule has 0 spiro atoms. The van der Waals surface area contributed by atoms with Crippen LogP contribution >= 0.6 is 0 Å². The number of fused-ring (bicyclic) bond motifs is 5. The van der Waals surface area contributed by atoms with Gasteiger partial charge >= 0.3 is 5.97 Å². The first kappa shape index (κ1) is 35.5. The van der Waals surface area contributed by atoms with Crippen molar-refractivity contribution in [3.63, 3.8) is 0 Å². The van der Waals surface area contributed by atoms with Gasteiger partial charge in [-0.15, -0.1) is 0 Å². The maximum absolute atomic E-state index is 12.9. The monoisotopic (exact) mass is 616 g/mol. The van der Waals surface area contributed by atoms with Crippen LogP contribution in [0.25, 0.3) is 0 Å². The lowest BCUT2D eigenvalue weighted by Gasteiger charge is -2.58. The van der Waals surface area contributed by atoms with Crippen LogP contribution in [-0.2, 0) is 14.3 Å². The molecule has 4 aliphatic carbocycles. The van der Waals surface area contributed by atoms with Crippen molar-refractivity contribution in [2.24, 2.45) is 46.3 Å². The van der Waals surface area contributed by atoms with Crippen LogP contribution in [0.2, 0.25) is 0 Å². The maximum Gasteiger partial charge on any atom is 0.306 e. The molecule has 3 saturated carbocycles. The summed E-state index contributed by atoms with van der Waals surface area (Å²) in [7, 11) is 0. The van der Waals surface area contributed by atoms with Gasteiger partial charge in [-0.3, -0.25) is 9.59 Å².